The van der Waals surface area contributed by atoms with Gasteiger partial charge in [0.2, 0.25) is 11.1 Å². The minimum Gasteiger partial charge on any atom is -0.342 e. The third kappa shape index (κ3) is 2.99. The lowest BCUT2D eigenvalue weighted by Crippen LogP contribution is -2.34. The number of hydrogen-bond acceptors (Lipinski definition) is 5. The molecule has 0 spiro atoms. The Bertz CT molecular complexity index is 665. The van der Waals surface area contributed by atoms with Crippen LogP contribution in [0, 0.1) is 6.92 Å². The Morgan fingerprint density at radius 1 is 1.27 bits per heavy atom. The van der Waals surface area contributed by atoms with E-state index in [4.69, 9.17) is 0 Å². The van der Waals surface area contributed by atoms with Gasteiger partial charge in [-0.3, -0.25) is 4.79 Å². The Morgan fingerprint density at radius 3 is 2.73 bits per heavy atom. The average Bonchev–Trinajstić information content (AvgIpc) is 3.18. The van der Waals surface area contributed by atoms with Gasteiger partial charge in [0.1, 0.15) is 0 Å². The van der Waals surface area contributed by atoms with Crippen molar-refractivity contribution in [1.82, 2.24) is 25.1 Å². The number of benzene rings is 1. The number of para-hydroxylation sites is 1. The van der Waals surface area contributed by atoms with Crippen molar-refractivity contribution in [1.29, 1.82) is 0 Å². The molecule has 1 fully saturated rings. The summed E-state index contributed by atoms with van der Waals surface area (Å²) in [4.78, 5) is 14.3. The first-order chi connectivity index (χ1) is 10.7. The average molecular weight is 317 g/mol. The van der Waals surface area contributed by atoms with Crippen molar-refractivity contribution >= 4 is 17.7 Å². The summed E-state index contributed by atoms with van der Waals surface area (Å²) in [5.74, 6) is 0.168. The molecule has 0 bridgehead atoms. The third-order valence-electron chi connectivity index (χ3n) is 3.83. The molecule has 1 aliphatic rings. The summed E-state index contributed by atoms with van der Waals surface area (Å²) in [5.41, 5.74) is 2.03. The second kappa shape index (κ2) is 6.48. The van der Waals surface area contributed by atoms with Crippen molar-refractivity contribution in [3.05, 3.63) is 29.8 Å². The summed E-state index contributed by atoms with van der Waals surface area (Å²) < 4.78 is 1.70. The number of rotatable bonds is 4. The van der Waals surface area contributed by atoms with E-state index < -0.39 is 0 Å². The second-order valence-electron chi connectivity index (χ2n) is 5.45. The van der Waals surface area contributed by atoms with E-state index in [0.29, 0.717) is 5.16 Å². The van der Waals surface area contributed by atoms with Crippen LogP contribution >= 0.6 is 11.8 Å². The molecule has 1 amide bonds. The van der Waals surface area contributed by atoms with Gasteiger partial charge in [0.15, 0.2) is 0 Å². The minimum absolute atomic E-state index is 0.168. The van der Waals surface area contributed by atoms with Crippen LogP contribution in [0.1, 0.15) is 25.3 Å². The van der Waals surface area contributed by atoms with E-state index in [2.05, 4.69) is 15.5 Å². The van der Waals surface area contributed by atoms with Crippen molar-refractivity contribution in [3.8, 4) is 5.69 Å². The van der Waals surface area contributed by atoms with Crippen LogP contribution in [0.2, 0.25) is 0 Å². The van der Waals surface area contributed by atoms with Crippen LogP contribution in [0.3, 0.4) is 0 Å². The zero-order chi connectivity index (χ0) is 15.5. The number of thioether (sulfide) groups is 1. The first kappa shape index (κ1) is 15.0. The molecule has 6 nitrogen and oxygen atoms in total. The molecule has 1 unspecified atom stereocenters. The highest BCUT2D eigenvalue weighted by atomic mass is 32.2. The van der Waals surface area contributed by atoms with Gasteiger partial charge in [-0.15, -0.1) is 5.10 Å². The predicted octanol–water partition coefficient (Wildman–Crippen LogP) is 2.07. The van der Waals surface area contributed by atoms with Crippen molar-refractivity contribution < 1.29 is 4.79 Å². The molecular weight excluding hydrogens is 298 g/mol. The molecule has 7 heteroatoms. The number of aryl methyl sites for hydroxylation is 1. The maximum absolute atomic E-state index is 12.4. The first-order valence-electron chi connectivity index (χ1n) is 7.46. The lowest BCUT2D eigenvalue weighted by molar-refractivity contribution is -0.129. The molecule has 22 heavy (non-hydrogen) atoms. The molecule has 1 aromatic heterocycles. The maximum Gasteiger partial charge on any atom is 0.235 e. The van der Waals surface area contributed by atoms with E-state index in [0.717, 1.165) is 37.2 Å². The lowest BCUT2D eigenvalue weighted by Gasteiger charge is -2.19. The normalized spacial score (nSPS) is 16.0. The van der Waals surface area contributed by atoms with Gasteiger partial charge >= 0.3 is 0 Å². The van der Waals surface area contributed by atoms with Crippen LogP contribution in [0.5, 0.6) is 0 Å². The van der Waals surface area contributed by atoms with Gasteiger partial charge in [0.05, 0.1) is 10.9 Å². The predicted molar refractivity (Wildman–Crippen MR) is 85.0 cm³/mol. The molecule has 3 rings (SSSR count). The van der Waals surface area contributed by atoms with E-state index >= 15 is 0 Å². The fourth-order valence-electron chi connectivity index (χ4n) is 2.61. The fraction of sp³-hybridized carbons (Fsp3) is 0.467. The Kier molecular flexibility index (Phi) is 4.42. The first-order valence-corrected chi connectivity index (χ1v) is 8.34. The quantitative estimate of drug-likeness (QED) is 0.808. The number of aromatic nitrogens is 4. The zero-order valence-electron chi connectivity index (χ0n) is 12.8. The van der Waals surface area contributed by atoms with Crippen LogP contribution in [-0.2, 0) is 4.79 Å². The Hall–Kier alpha value is -1.89. The number of nitrogens with zero attached hydrogens (tertiary/aromatic N) is 5. The van der Waals surface area contributed by atoms with Crippen LogP contribution < -0.4 is 0 Å². The van der Waals surface area contributed by atoms with Crippen LogP contribution in [-0.4, -0.2) is 49.4 Å². The van der Waals surface area contributed by atoms with Crippen LogP contribution in [0.15, 0.2) is 29.4 Å². The van der Waals surface area contributed by atoms with Gasteiger partial charge in [-0.05, 0) is 48.7 Å². The molecule has 0 radical (unpaired) electrons. The molecule has 0 saturated carbocycles. The molecular formula is C15H19N5OS. The summed E-state index contributed by atoms with van der Waals surface area (Å²) >= 11 is 1.41. The number of hydrogen-bond donors (Lipinski definition) is 0. The van der Waals surface area contributed by atoms with E-state index in [9.17, 15) is 4.79 Å². The topological polar surface area (TPSA) is 63.9 Å². The Morgan fingerprint density at radius 2 is 2.00 bits per heavy atom. The summed E-state index contributed by atoms with van der Waals surface area (Å²) in [6.45, 7) is 5.67. The highest BCUT2D eigenvalue weighted by molar-refractivity contribution is 8.00. The smallest absolute Gasteiger partial charge is 0.235 e. The van der Waals surface area contributed by atoms with E-state index in [-0.39, 0.29) is 11.2 Å². The lowest BCUT2D eigenvalue weighted by atomic mass is 10.2. The molecule has 0 N–H and O–H groups in total. The summed E-state index contributed by atoms with van der Waals surface area (Å²) in [7, 11) is 0. The van der Waals surface area contributed by atoms with E-state index in [1.165, 1.54) is 11.8 Å². The number of carbonyl (C=O) groups excluding carboxylic acids is 1. The van der Waals surface area contributed by atoms with Crippen LogP contribution in [0.4, 0.5) is 0 Å². The molecule has 1 aromatic carbocycles. The van der Waals surface area contributed by atoms with Crippen molar-refractivity contribution in [2.45, 2.75) is 37.1 Å². The van der Waals surface area contributed by atoms with Gasteiger partial charge in [-0.2, -0.15) is 4.68 Å². The van der Waals surface area contributed by atoms with Gasteiger partial charge in [-0.1, -0.05) is 30.0 Å². The molecule has 2 heterocycles. The summed E-state index contributed by atoms with van der Waals surface area (Å²) in [6, 6.07) is 7.93. The number of likely N-dealkylation sites (tertiary alicyclic amines) is 1. The molecule has 116 valence electrons. The van der Waals surface area contributed by atoms with Crippen molar-refractivity contribution in [3.63, 3.8) is 0 Å². The molecule has 1 saturated heterocycles. The van der Waals surface area contributed by atoms with Gasteiger partial charge in [0, 0.05) is 13.1 Å². The largest absolute Gasteiger partial charge is 0.342 e. The standard InChI is InChI=1S/C15H19N5OS/c1-11-7-3-4-8-13(11)20-15(16-17-18-20)22-12(2)14(21)19-9-5-6-10-19/h3-4,7-8,12H,5-6,9-10H2,1-2H3. The molecule has 1 aliphatic heterocycles. The minimum atomic E-state index is -0.188. The molecule has 1 atom stereocenters. The monoisotopic (exact) mass is 317 g/mol. The molecule has 0 aliphatic carbocycles. The highest BCUT2D eigenvalue weighted by Gasteiger charge is 2.26. The number of tetrazole rings is 1. The number of carbonyl (C=O) groups is 1. The van der Waals surface area contributed by atoms with Crippen molar-refractivity contribution in [2.24, 2.45) is 0 Å². The third-order valence-corrected chi connectivity index (χ3v) is 4.85. The summed E-state index contributed by atoms with van der Waals surface area (Å²) in [5, 5.41) is 12.4. The van der Waals surface area contributed by atoms with Gasteiger partial charge < -0.3 is 4.90 Å². The van der Waals surface area contributed by atoms with E-state index in [1.807, 2.05) is 43.0 Å². The van der Waals surface area contributed by atoms with Gasteiger partial charge in [0.25, 0.3) is 0 Å². The summed E-state index contributed by atoms with van der Waals surface area (Å²) in [6.07, 6.45) is 2.20. The van der Waals surface area contributed by atoms with Gasteiger partial charge in [-0.25, -0.2) is 0 Å². The van der Waals surface area contributed by atoms with Crippen molar-refractivity contribution in [2.75, 3.05) is 13.1 Å². The highest BCUT2D eigenvalue weighted by Crippen LogP contribution is 2.26. The Labute approximate surface area is 133 Å². The number of amides is 1. The zero-order valence-corrected chi connectivity index (χ0v) is 13.6. The maximum atomic E-state index is 12.4. The SMILES string of the molecule is Cc1ccccc1-n1nnnc1SC(C)C(=O)N1CCCC1. The van der Waals surface area contributed by atoms with E-state index in [1.54, 1.807) is 4.68 Å². The Balaban J connectivity index is 1.78. The second-order valence-corrected chi connectivity index (χ2v) is 6.76. The van der Waals surface area contributed by atoms with Crippen LogP contribution in [0.25, 0.3) is 5.69 Å². The molecule has 2 aromatic rings. The fourth-order valence-corrected chi connectivity index (χ4v) is 3.49.